The zero-order chi connectivity index (χ0) is 17.8. The molecule has 0 amide bonds. The number of carbonyl (C=O) groups is 1. The van der Waals surface area contributed by atoms with Gasteiger partial charge in [0, 0.05) is 18.1 Å². The van der Waals surface area contributed by atoms with Gasteiger partial charge in [-0.15, -0.1) is 0 Å². The second-order valence-corrected chi connectivity index (χ2v) is 6.73. The molecule has 4 heteroatoms. The van der Waals surface area contributed by atoms with Gasteiger partial charge >= 0.3 is 0 Å². The summed E-state index contributed by atoms with van der Waals surface area (Å²) in [6, 6.07) is 17.4. The van der Waals surface area contributed by atoms with Crippen LogP contribution in [0.15, 0.2) is 60.8 Å². The Labute approximate surface area is 148 Å². The Morgan fingerprint density at radius 1 is 1.08 bits per heavy atom. The smallest absolute Gasteiger partial charge is 0.248 e. The molecule has 0 saturated heterocycles. The van der Waals surface area contributed by atoms with Crippen LogP contribution in [0.3, 0.4) is 0 Å². The lowest BCUT2D eigenvalue weighted by molar-refractivity contribution is 0.0884. The Hall–Kier alpha value is -2.43. The molecule has 0 aliphatic carbocycles. The second-order valence-electron chi connectivity index (χ2n) is 6.73. The molecule has 1 aromatic heterocycles. The molecule has 2 N–H and O–H groups in total. The first-order valence-corrected chi connectivity index (χ1v) is 8.63. The first-order chi connectivity index (χ1) is 12.1. The largest absolute Gasteiger partial charge is 0.320 e. The van der Waals surface area contributed by atoms with Crippen LogP contribution in [-0.4, -0.2) is 42.1 Å². The molecule has 0 aliphatic heterocycles. The molecule has 0 bridgehead atoms. The van der Waals surface area contributed by atoms with E-state index in [9.17, 15) is 4.79 Å². The molecule has 0 radical (unpaired) electrons. The zero-order valence-corrected chi connectivity index (χ0v) is 14.9. The van der Waals surface area contributed by atoms with Crippen molar-refractivity contribution < 1.29 is 4.79 Å². The molecule has 0 spiro atoms. The standard InChI is InChI=1S/C21H25N3O/c1-23(2)13-12-17-15-24(20-11-7-6-10-18(17)20)21(25)19(22)14-16-8-4-3-5-9-16/h3-11,15,19H,12-14,22H2,1-2H3/t19-/m0/s1. The number of para-hydroxylation sites is 1. The van der Waals surface area contributed by atoms with Crippen molar-refractivity contribution in [1.82, 2.24) is 9.47 Å². The maximum Gasteiger partial charge on any atom is 0.248 e. The van der Waals surface area contributed by atoms with Gasteiger partial charge in [0.25, 0.3) is 0 Å². The quantitative estimate of drug-likeness (QED) is 0.753. The molecule has 130 valence electrons. The van der Waals surface area contributed by atoms with Gasteiger partial charge < -0.3 is 10.6 Å². The summed E-state index contributed by atoms with van der Waals surface area (Å²) in [5.74, 6) is -0.0591. The second kappa shape index (κ2) is 7.64. The van der Waals surface area contributed by atoms with Crippen LogP contribution in [0.25, 0.3) is 10.9 Å². The van der Waals surface area contributed by atoms with Crippen molar-refractivity contribution in [1.29, 1.82) is 0 Å². The van der Waals surface area contributed by atoms with Crippen LogP contribution >= 0.6 is 0 Å². The molecule has 4 nitrogen and oxygen atoms in total. The van der Waals surface area contributed by atoms with Crippen molar-refractivity contribution in [2.45, 2.75) is 18.9 Å². The molecule has 0 unspecified atom stereocenters. The topological polar surface area (TPSA) is 51.3 Å². The van der Waals surface area contributed by atoms with Gasteiger partial charge in [-0.05, 0) is 44.1 Å². The minimum absolute atomic E-state index is 0.0591. The molecular weight excluding hydrogens is 310 g/mol. The molecule has 0 aliphatic rings. The van der Waals surface area contributed by atoms with E-state index < -0.39 is 6.04 Å². The van der Waals surface area contributed by atoms with E-state index in [0.717, 1.165) is 29.4 Å². The SMILES string of the molecule is CN(C)CCc1cn(C(=O)[C@@H](N)Cc2ccccc2)c2ccccc12. The van der Waals surface area contributed by atoms with Gasteiger partial charge in [-0.1, -0.05) is 48.5 Å². The van der Waals surface area contributed by atoms with Crippen molar-refractivity contribution in [2.24, 2.45) is 5.73 Å². The van der Waals surface area contributed by atoms with Crippen molar-refractivity contribution in [3.63, 3.8) is 0 Å². The van der Waals surface area contributed by atoms with Gasteiger partial charge in [0.2, 0.25) is 5.91 Å². The van der Waals surface area contributed by atoms with Crippen molar-refractivity contribution >= 4 is 16.8 Å². The lowest BCUT2D eigenvalue weighted by atomic mass is 10.1. The number of nitrogens with zero attached hydrogens (tertiary/aromatic N) is 2. The highest BCUT2D eigenvalue weighted by molar-refractivity contribution is 5.96. The Bertz CT molecular complexity index is 852. The van der Waals surface area contributed by atoms with E-state index in [1.165, 1.54) is 5.56 Å². The predicted molar refractivity (Wildman–Crippen MR) is 103 cm³/mol. The number of hydrogen-bond donors (Lipinski definition) is 1. The maximum atomic E-state index is 12.9. The van der Waals surface area contributed by atoms with Crippen LogP contribution < -0.4 is 5.73 Å². The lowest BCUT2D eigenvalue weighted by Crippen LogP contribution is -2.36. The number of aromatic nitrogens is 1. The number of nitrogens with two attached hydrogens (primary N) is 1. The summed E-state index contributed by atoms with van der Waals surface area (Å²) < 4.78 is 1.73. The molecule has 2 aromatic carbocycles. The maximum absolute atomic E-state index is 12.9. The number of hydrogen-bond acceptors (Lipinski definition) is 3. The summed E-state index contributed by atoms with van der Waals surface area (Å²) in [4.78, 5) is 15.1. The van der Waals surface area contributed by atoms with E-state index in [0.29, 0.717) is 6.42 Å². The third-order valence-electron chi connectivity index (χ3n) is 4.48. The third kappa shape index (κ3) is 3.98. The van der Waals surface area contributed by atoms with Gasteiger partial charge in [-0.2, -0.15) is 0 Å². The van der Waals surface area contributed by atoms with E-state index in [1.54, 1.807) is 4.57 Å². The summed E-state index contributed by atoms with van der Waals surface area (Å²) in [5.41, 5.74) is 9.42. The highest BCUT2D eigenvalue weighted by Gasteiger charge is 2.19. The van der Waals surface area contributed by atoms with Crippen molar-refractivity contribution in [2.75, 3.05) is 20.6 Å². The molecule has 1 heterocycles. The first-order valence-electron chi connectivity index (χ1n) is 8.63. The minimum atomic E-state index is -0.556. The predicted octanol–water partition coefficient (Wildman–Crippen LogP) is 2.96. The van der Waals surface area contributed by atoms with Gasteiger partial charge in [-0.25, -0.2) is 0 Å². The van der Waals surface area contributed by atoms with E-state index in [-0.39, 0.29) is 5.91 Å². The van der Waals surface area contributed by atoms with Crippen LogP contribution in [0.4, 0.5) is 0 Å². The average Bonchev–Trinajstić information content (AvgIpc) is 2.99. The fourth-order valence-corrected chi connectivity index (χ4v) is 3.11. The van der Waals surface area contributed by atoms with E-state index in [1.807, 2.05) is 54.7 Å². The summed E-state index contributed by atoms with van der Waals surface area (Å²) >= 11 is 0. The molecule has 0 fully saturated rings. The van der Waals surface area contributed by atoms with Crippen LogP contribution in [-0.2, 0) is 12.8 Å². The molecule has 1 atom stereocenters. The van der Waals surface area contributed by atoms with E-state index in [4.69, 9.17) is 5.73 Å². The average molecular weight is 335 g/mol. The molecular formula is C21H25N3O. The highest BCUT2D eigenvalue weighted by Crippen LogP contribution is 2.22. The van der Waals surface area contributed by atoms with E-state index in [2.05, 4.69) is 25.1 Å². The van der Waals surface area contributed by atoms with E-state index >= 15 is 0 Å². The van der Waals surface area contributed by atoms with Crippen LogP contribution in [0, 0.1) is 0 Å². The van der Waals surface area contributed by atoms with Crippen LogP contribution in [0.5, 0.6) is 0 Å². The highest BCUT2D eigenvalue weighted by atomic mass is 16.2. The van der Waals surface area contributed by atoms with Crippen molar-refractivity contribution in [3.8, 4) is 0 Å². The summed E-state index contributed by atoms with van der Waals surface area (Å²) in [6.45, 7) is 0.943. The Morgan fingerprint density at radius 3 is 2.48 bits per heavy atom. The van der Waals surface area contributed by atoms with Gasteiger partial charge in [0.1, 0.15) is 0 Å². The third-order valence-corrected chi connectivity index (χ3v) is 4.48. The molecule has 3 aromatic rings. The first kappa shape index (κ1) is 17.4. The zero-order valence-electron chi connectivity index (χ0n) is 14.9. The van der Waals surface area contributed by atoms with Crippen LogP contribution in [0.2, 0.25) is 0 Å². The number of rotatable bonds is 6. The number of benzene rings is 2. The summed E-state index contributed by atoms with van der Waals surface area (Å²) in [5, 5.41) is 1.13. The van der Waals surface area contributed by atoms with Crippen molar-refractivity contribution in [3.05, 3.63) is 71.9 Å². The molecule has 25 heavy (non-hydrogen) atoms. The summed E-state index contributed by atoms with van der Waals surface area (Å²) in [7, 11) is 4.11. The fraction of sp³-hybridized carbons (Fsp3) is 0.286. The van der Waals surface area contributed by atoms with Gasteiger partial charge in [0.15, 0.2) is 0 Å². The number of fused-ring (bicyclic) bond motifs is 1. The molecule has 0 saturated carbocycles. The Kier molecular flexibility index (Phi) is 5.31. The lowest BCUT2D eigenvalue weighted by Gasteiger charge is -2.12. The minimum Gasteiger partial charge on any atom is -0.320 e. The number of carbonyl (C=O) groups excluding carboxylic acids is 1. The fourth-order valence-electron chi connectivity index (χ4n) is 3.11. The normalized spacial score (nSPS) is 12.6. The molecule has 3 rings (SSSR count). The Balaban J connectivity index is 1.88. The van der Waals surface area contributed by atoms with Gasteiger partial charge in [-0.3, -0.25) is 9.36 Å². The van der Waals surface area contributed by atoms with Crippen LogP contribution in [0.1, 0.15) is 15.9 Å². The number of likely N-dealkylation sites (N-methyl/N-ethyl adjacent to an activating group) is 1. The summed E-state index contributed by atoms with van der Waals surface area (Å²) in [6.07, 6.45) is 3.41. The van der Waals surface area contributed by atoms with Gasteiger partial charge in [0.05, 0.1) is 11.6 Å². The Morgan fingerprint density at radius 2 is 1.76 bits per heavy atom. The monoisotopic (exact) mass is 335 g/mol.